The van der Waals surface area contributed by atoms with Crippen molar-refractivity contribution in [2.75, 3.05) is 13.7 Å². The quantitative estimate of drug-likeness (QED) is 0.716. The summed E-state index contributed by atoms with van der Waals surface area (Å²) in [5, 5.41) is 8.80. The van der Waals surface area contributed by atoms with Crippen molar-refractivity contribution in [3.05, 3.63) is 23.7 Å². The molecule has 1 unspecified atom stereocenters. The van der Waals surface area contributed by atoms with E-state index >= 15 is 0 Å². The maximum atomic E-state index is 8.80. The van der Waals surface area contributed by atoms with Crippen LogP contribution in [0.3, 0.4) is 0 Å². The summed E-state index contributed by atoms with van der Waals surface area (Å²) in [6, 6.07) is 1.85. The molecule has 0 saturated carbocycles. The predicted octanol–water partition coefficient (Wildman–Crippen LogP) is 1.27. The Morgan fingerprint density at radius 1 is 1.73 bits per heavy atom. The molecular formula is C8H12O3. The molecule has 1 atom stereocenters. The molecule has 0 bridgehead atoms. The molecule has 11 heavy (non-hydrogen) atoms. The lowest BCUT2D eigenvalue weighted by Crippen LogP contribution is -2.04. The molecule has 0 amide bonds. The van der Waals surface area contributed by atoms with E-state index in [1.807, 2.05) is 13.0 Å². The van der Waals surface area contributed by atoms with Crippen molar-refractivity contribution in [1.29, 1.82) is 0 Å². The third kappa shape index (κ3) is 1.82. The fraction of sp³-hybridized carbons (Fsp3) is 0.500. The Kier molecular flexibility index (Phi) is 2.68. The molecule has 3 heteroatoms. The van der Waals surface area contributed by atoms with Crippen LogP contribution in [0.15, 0.2) is 16.7 Å². The first-order valence-corrected chi connectivity index (χ1v) is 3.46. The van der Waals surface area contributed by atoms with Crippen LogP contribution in [0, 0.1) is 6.92 Å². The topological polar surface area (TPSA) is 42.6 Å². The van der Waals surface area contributed by atoms with E-state index in [0.29, 0.717) is 5.76 Å². The summed E-state index contributed by atoms with van der Waals surface area (Å²) in [4.78, 5) is 0. The molecule has 0 aromatic carbocycles. The summed E-state index contributed by atoms with van der Waals surface area (Å²) in [7, 11) is 1.54. The van der Waals surface area contributed by atoms with Gasteiger partial charge in [0, 0.05) is 7.11 Å². The van der Waals surface area contributed by atoms with E-state index < -0.39 is 0 Å². The number of aliphatic hydroxyl groups is 1. The van der Waals surface area contributed by atoms with Crippen molar-refractivity contribution in [1.82, 2.24) is 0 Å². The molecule has 0 aliphatic carbocycles. The van der Waals surface area contributed by atoms with E-state index in [4.69, 9.17) is 14.3 Å². The van der Waals surface area contributed by atoms with Gasteiger partial charge in [-0.2, -0.15) is 0 Å². The molecular weight excluding hydrogens is 144 g/mol. The average molecular weight is 156 g/mol. The number of aliphatic hydroxyl groups excluding tert-OH is 1. The van der Waals surface area contributed by atoms with Gasteiger partial charge in [-0.05, 0) is 18.6 Å². The maximum Gasteiger partial charge on any atom is 0.138 e. The second-order valence-electron chi connectivity index (χ2n) is 2.43. The van der Waals surface area contributed by atoms with Crippen LogP contribution in [-0.4, -0.2) is 18.8 Å². The molecule has 3 nitrogen and oxygen atoms in total. The number of hydrogen-bond donors (Lipinski definition) is 1. The normalized spacial score (nSPS) is 13.4. The SMILES string of the molecule is COC(CO)c1cc(C)co1. The molecule has 1 heterocycles. The van der Waals surface area contributed by atoms with Crippen LogP contribution in [0.4, 0.5) is 0 Å². The highest BCUT2D eigenvalue weighted by Crippen LogP contribution is 2.17. The Balaban J connectivity index is 2.73. The van der Waals surface area contributed by atoms with E-state index in [1.54, 1.807) is 13.4 Å². The number of ether oxygens (including phenoxy) is 1. The second kappa shape index (κ2) is 3.55. The third-order valence-corrected chi connectivity index (χ3v) is 1.52. The Morgan fingerprint density at radius 2 is 2.45 bits per heavy atom. The summed E-state index contributed by atoms with van der Waals surface area (Å²) in [6.07, 6.45) is 1.31. The van der Waals surface area contributed by atoms with Crippen LogP contribution in [0.5, 0.6) is 0 Å². The lowest BCUT2D eigenvalue weighted by molar-refractivity contribution is 0.0334. The first kappa shape index (κ1) is 8.30. The van der Waals surface area contributed by atoms with E-state index in [1.165, 1.54) is 0 Å². The van der Waals surface area contributed by atoms with E-state index in [2.05, 4.69) is 0 Å². The highest BCUT2D eigenvalue weighted by Gasteiger charge is 2.11. The van der Waals surface area contributed by atoms with E-state index in [-0.39, 0.29) is 12.7 Å². The van der Waals surface area contributed by atoms with Gasteiger partial charge in [-0.15, -0.1) is 0 Å². The summed E-state index contributed by atoms with van der Waals surface area (Å²) in [6.45, 7) is 1.88. The maximum absolute atomic E-state index is 8.80. The molecule has 0 spiro atoms. The summed E-state index contributed by atoms with van der Waals surface area (Å²) in [5.41, 5.74) is 1.04. The van der Waals surface area contributed by atoms with E-state index in [0.717, 1.165) is 5.56 Å². The van der Waals surface area contributed by atoms with Gasteiger partial charge in [-0.25, -0.2) is 0 Å². The van der Waals surface area contributed by atoms with Gasteiger partial charge < -0.3 is 14.3 Å². The average Bonchev–Trinajstić information content (AvgIpc) is 2.39. The molecule has 1 aromatic rings. The largest absolute Gasteiger partial charge is 0.466 e. The summed E-state index contributed by atoms with van der Waals surface area (Å²) < 4.78 is 10.1. The van der Waals surface area contributed by atoms with Gasteiger partial charge in [0.25, 0.3) is 0 Å². The summed E-state index contributed by atoms with van der Waals surface area (Å²) >= 11 is 0. The van der Waals surface area contributed by atoms with Crippen LogP contribution >= 0.6 is 0 Å². The first-order valence-electron chi connectivity index (χ1n) is 3.46. The third-order valence-electron chi connectivity index (χ3n) is 1.52. The minimum atomic E-state index is -0.330. The number of furan rings is 1. The summed E-state index contributed by atoms with van der Waals surface area (Å²) in [5.74, 6) is 0.674. The zero-order chi connectivity index (χ0) is 8.27. The monoisotopic (exact) mass is 156 g/mol. The molecule has 1 N–H and O–H groups in total. The van der Waals surface area contributed by atoms with Crippen LogP contribution in [0.2, 0.25) is 0 Å². The molecule has 0 saturated heterocycles. The fourth-order valence-corrected chi connectivity index (χ4v) is 0.903. The lowest BCUT2D eigenvalue weighted by Gasteiger charge is -2.07. The van der Waals surface area contributed by atoms with E-state index in [9.17, 15) is 0 Å². The van der Waals surface area contributed by atoms with Gasteiger partial charge in [-0.1, -0.05) is 0 Å². The van der Waals surface area contributed by atoms with Crippen LogP contribution in [-0.2, 0) is 4.74 Å². The van der Waals surface area contributed by atoms with Gasteiger partial charge >= 0.3 is 0 Å². The van der Waals surface area contributed by atoms with Crippen molar-refractivity contribution in [2.45, 2.75) is 13.0 Å². The highest BCUT2D eigenvalue weighted by molar-refractivity contribution is 5.12. The zero-order valence-electron chi connectivity index (χ0n) is 6.70. The number of methoxy groups -OCH3 is 1. The smallest absolute Gasteiger partial charge is 0.138 e. The highest BCUT2D eigenvalue weighted by atomic mass is 16.5. The zero-order valence-corrected chi connectivity index (χ0v) is 6.70. The van der Waals surface area contributed by atoms with Crippen molar-refractivity contribution in [3.8, 4) is 0 Å². The van der Waals surface area contributed by atoms with Crippen LogP contribution < -0.4 is 0 Å². The van der Waals surface area contributed by atoms with Crippen molar-refractivity contribution in [2.24, 2.45) is 0 Å². The first-order chi connectivity index (χ1) is 5.27. The minimum Gasteiger partial charge on any atom is -0.466 e. The van der Waals surface area contributed by atoms with Crippen molar-refractivity contribution < 1.29 is 14.3 Å². The minimum absolute atomic E-state index is 0.0521. The molecule has 62 valence electrons. The molecule has 0 radical (unpaired) electrons. The van der Waals surface area contributed by atoms with Gasteiger partial charge in [-0.3, -0.25) is 0 Å². The van der Waals surface area contributed by atoms with Gasteiger partial charge in [0.1, 0.15) is 11.9 Å². The molecule has 0 aliphatic heterocycles. The van der Waals surface area contributed by atoms with Crippen LogP contribution in [0.1, 0.15) is 17.4 Å². The van der Waals surface area contributed by atoms with Gasteiger partial charge in [0.15, 0.2) is 0 Å². The Bertz CT molecular complexity index is 213. The number of rotatable bonds is 3. The lowest BCUT2D eigenvalue weighted by atomic mass is 10.2. The Morgan fingerprint density at radius 3 is 2.82 bits per heavy atom. The Labute approximate surface area is 65.6 Å². The number of aryl methyl sites for hydroxylation is 1. The predicted molar refractivity (Wildman–Crippen MR) is 40.3 cm³/mol. The fourth-order valence-electron chi connectivity index (χ4n) is 0.903. The second-order valence-corrected chi connectivity index (χ2v) is 2.43. The van der Waals surface area contributed by atoms with Crippen molar-refractivity contribution >= 4 is 0 Å². The molecule has 1 aromatic heterocycles. The van der Waals surface area contributed by atoms with Gasteiger partial charge in [0.2, 0.25) is 0 Å². The standard InChI is InChI=1S/C8H12O3/c1-6-3-7(11-5-6)8(4-9)10-2/h3,5,8-9H,4H2,1-2H3. The Hall–Kier alpha value is -0.800. The van der Waals surface area contributed by atoms with Crippen molar-refractivity contribution in [3.63, 3.8) is 0 Å². The molecule has 0 fully saturated rings. The van der Waals surface area contributed by atoms with Crippen LogP contribution in [0.25, 0.3) is 0 Å². The van der Waals surface area contributed by atoms with Gasteiger partial charge in [0.05, 0.1) is 12.9 Å². The molecule has 1 rings (SSSR count). The number of hydrogen-bond acceptors (Lipinski definition) is 3. The molecule has 0 aliphatic rings.